The second kappa shape index (κ2) is 9.84. The van der Waals surface area contributed by atoms with E-state index in [4.69, 9.17) is 9.47 Å². The summed E-state index contributed by atoms with van der Waals surface area (Å²) in [6, 6.07) is 0. The van der Waals surface area contributed by atoms with Gasteiger partial charge in [-0.05, 0) is 56.8 Å². The van der Waals surface area contributed by atoms with Gasteiger partial charge in [0, 0.05) is 6.61 Å². The number of rotatable bonds is 9. The van der Waals surface area contributed by atoms with Crippen LogP contribution in [0.15, 0.2) is 0 Å². The van der Waals surface area contributed by atoms with E-state index in [0.29, 0.717) is 12.9 Å². The summed E-state index contributed by atoms with van der Waals surface area (Å²) in [5, 5.41) is 0. The second-order valence-electron chi connectivity index (χ2n) is 7.25. The van der Waals surface area contributed by atoms with Gasteiger partial charge in [-0.25, -0.2) is 0 Å². The van der Waals surface area contributed by atoms with Crippen molar-refractivity contribution in [1.29, 1.82) is 0 Å². The van der Waals surface area contributed by atoms with Crippen molar-refractivity contribution in [3.63, 3.8) is 0 Å². The lowest BCUT2D eigenvalue weighted by molar-refractivity contribution is -0.0852. The fraction of sp³-hybridized carbons (Fsp3) is 1.00. The first-order chi connectivity index (χ1) is 10.3. The highest BCUT2D eigenvalue weighted by molar-refractivity contribution is 4.84. The van der Waals surface area contributed by atoms with Crippen LogP contribution in [0.2, 0.25) is 0 Å². The molecule has 2 aliphatic rings. The van der Waals surface area contributed by atoms with Crippen LogP contribution < -0.4 is 0 Å². The third-order valence-electron chi connectivity index (χ3n) is 5.79. The minimum absolute atomic E-state index is 0.476. The number of unbranched alkanes of at least 4 members (excludes halogenated alkanes) is 2. The van der Waals surface area contributed by atoms with Crippen LogP contribution in [-0.2, 0) is 9.47 Å². The summed E-state index contributed by atoms with van der Waals surface area (Å²) in [6.45, 7) is 5.59. The lowest BCUT2D eigenvalue weighted by Gasteiger charge is -2.32. The Morgan fingerprint density at radius 1 is 0.857 bits per heavy atom. The quantitative estimate of drug-likeness (QED) is 0.410. The van der Waals surface area contributed by atoms with Crippen LogP contribution in [-0.4, -0.2) is 19.5 Å². The van der Waals surface area contributed by atoms with Crippen LogP contribution in [0.25, 0.3) is 0 Å². The summed E-state index contributed by atoms with van der Waals surface area (Å²) in [7, 11) is 0. The Morgan fingerprint density at radius 3 is 2.33 bits per heavy atom. The largest absolute Gasteiger partial charge is 0.356 e. The van der Waals surface area contributed by atoms with Crippen molar-refractivity contribution < 1.29 is 9.47 Å². The SMILES string of the molecule is CCCCCC1CCC(C2CCC(OCOCC)C2)CC1. The van der Waals surface area contributed by atoms with Gasteiger partial charge in [-0.3, -0.25) is 0 Å². The van der Waals surface area contributed by atoms with Crippen LogP contribution in [0.4, 0.5) is 0 Å². The van der Waals surface area contributed by atoms with Crippen LogP contribution >= 0.6 is 0 Å². The maximum Gasteiger partial charge on any atom is 0.147 e. The molecule has 0 spiro atoms. The standard InChI is InChI=1S/C19H36O2/c1-3-5-6-7-16-8-10-17(11-9-16)18-12-13-19(14-18)21-15-20-4-2/h16-19H,3-15H2,1-2H3. The molecule has 0 aromatic rings. The lowest BCUT2D eigenvalue weighted by atomic mass is 9.74. The van der Waals surface area contributed by atoms with E-state index in [9.17, 15) is 0 Å². The average molecular weight is 296 g/mol. The van der Waals surface area contributed by atoms with Gasteiger partial charge in [0.15, 0.2) is 0 Å². The molecule has 2 saturated carbocycles. The van der Waals surface area contributed by atoms with Crippen LogP contribution in [0.5, 0.6) is 0 Å². The van der Waals surface area contributed by atoms with Gasteiger partial charge in [0.2, 0.25) is 0 Å². The third kappa shape index (κ3) is 5.90. The molecule has 2 aliphatic carbocycles. The molecule has 2 heteroatoms. The van der Waals surface area contributed by atoms with Crippen molar-refractivity contribution in [3.05, 3.63) is 0 Å². The van der Waals surface area contributed by atoms with Crippen molar-refractivity contribution in [2.45, 2.75) is 90.6 Å². The van der Waals surface area contributed by atoms with E-state index in [1.54, 1.807) is 0 Å². The highest BCUT2D eigenvalue weighted by Crippen LogP contribution is 2.42. The van der Waals surface area contributed by atoms with Crippen molar-refractivity contribution in [3.8, 4) is 0 Å². The Balaban J connectivity index is 1.60. The molecule has 2 rings (SSSR count). The first-order valence-corrected chi connectivity index (χ1v) is 9.52. The van der Waals surface area contributed by atoms with E-state index < -0.39 is 0 Å². The van der Waals surface area contributed by atoms with E-state index >= 15 is 0 Å². The molecule has 0 amide bonds. The van der Waals surface area contributed by atoms with Crippen LogP contribution in [0.3, 0.4) is 0 Å². The van der Waals surface area contributed by atoms with Crippen molar-refractivity contribution in [1.82, 2.24) is 0 Å². The molecule has 2 unspecified atom stereocenters. The van der Waals surface area contributed by atoms with E-state index in [2.05, 4.69) is 6.92 Å². The molecule has 0 saturated heterocycles. The summed E-state index contributed by atoms with van der Waals surface area (Å²) in [4.78, 5) is 0. The molecule has 2 nitrogen and oxygen atoms in total. The Morgan fingerprint density at radius 2 is 1.62 bits per heavy atom. The first-order valence-electron chi connectivity index (χ1n) is 9.52. The van der Waals surface area contributed by atoms with Gasteiger partial charge in [-0.15, -0.1) is 0 Å². The molecule has 0 N–H and O–H groups in total. The van der Waals surface area contributed by atoms with E-state index in [0.717, 1.165) is 24.4 Å². The maximum absolute atomic E-state index is 5.83. The monoisotopic (exact) mass is 296 g/mol. The Labute approximate surface area is 132 Å². The van der Waals surface area contributed by atoms with Crippen molar-refractivity contribution >= 4 is 0 Å². The van der Waals surface area contributed by atoms with Gasteiger partial charge in [-0.1, -0.05) is 45.4 Å². The second-order valence-corrected chi connectivity index (χ2v) is 7.25. The summed E-state index contributed by atoms with van der Waals surface area (Å²) < 4.78 is 11.1. The van der Waals surface area contributed by atoms with Crippen molar-refractivity contribution in [2.24, 2.45) is 17.8 Å². The van der Waals surface area contributed by atoms with Gasteiger partial charge in [0.25, 0.3) is 0 Å². The third-order valence-corrected chi connectivity index (χ3v) is 5.79. The predicted octanol–water partition coefficient (Wildman–Crippen LogP) is 5.55. The molecule has 2 atom stereocenters. The Bertz CT molecular complexity index is 258. The van der Waals surface area contributed by atoms with Gasteiger partial charge >= 0.3 is 0 Å². The molecule has 0 bridgehead atoms. The zero-order chi connectivity index (χ0) is 14.9. The average Bonchev–Trinajstić information content (AvgIpc) is 2.97. The van der Waals surface area contributed by atoms with E-state index in [1.165, 1.54) is 70.6 Å². The Kier molecular flexibility index (Phi) is 8.10. The zero-order valence-corrected chi connectivity index (χ0v) is 14.3. The molecular formula is C19H36O2. The maximum atomic E-state index is 5.83. The predicted molar refractivity (Wildman–Crippen MR) is 88.3 cm³/mol. The van der Waals surface area contributed by atoms with E-state index in [-0.39, 0.29) is 0 Å². The van der Waals surface area contributed by atoms with Gasteiger partial charge in [0.05, 0.1) is 6.10 Å². The highest BCUT2D eigenvalue weighted by Gasteiger charge is 2.33. The molecule has 0 aromatic heterocycles. The van der Waals surface area contributed by atoms with Crippen molar-refractivity contribution in [2.75, 3.05) is 13.4 Å². The fourth-order valence-electron chi connectivity index (χ4n) is 4.41. The molecule has 21 heavy (non-hydrogen) atoms. The summed E-state index contributed by atoms with van der Waals surface area (Å²) in [5.74, 6) is 2.97. The minimum Gasteiger partial charge on any atom is -0.356 e. The normalized spacial score (nSPS) is 33.4. The van der Waals surface area contributed by atoms with Gasteiger partial charge < -0.3 is 9.47 Å². The molecule has 124 valence electrons. The molecule has 2 fully saturated rings. The smallest absolute Gasteiger partial charge is 0.147 e. The lowest BCUT2D eigenvalue weighted by Crippen LogP contribution is -2.21. The van der Waals surface area contributed by atoms with Crippen LogP contribution in [0.1, 0.15) is 84.5 Å². The van der Waals surface area contributed by atoms with Gasteiger partial charge in [0.1, 0.15) is 6.79 Å². The van der Waals surface area contributed by atoms with Gasteiger partial charge in [-0.2, -0.15) is 0 Å². The molecule has 0 heterocycles. The fourth-order valence-corrected chi connectivity index (χ4v) is 4.41. The molecule has 0 radical (unpaired) electrons. The highest BCUT2D eigenvalue weighted by atomic mass is 16.7. The first kappa shape index (κ1) is 17.3. The molecular weight excluding hydrogens is 260 g/mol. The summed E-state index contributed by atoms with van der Waals surface area (Å²) >= 11 is 0. The van der Waals surface area contributed by atoms with Crippen LogP contribution in [0, 0.1) is 17.8 Å². The number of hydrogen-bond donors (Lipinski definition) is 0. The Hall–Kier alpha value is -0.0800. The molecule has 0 aromatic carbocycles. The molecule has 0 aliphatic heterocycles. The minimum atomic E-state index is 0.476. The zero-order valence-electron chi connectivity index (χ0n) is 14.3. The number of hydrogen-bond acceptors (Lipinski definition) is 2. The number of ether oxygens (including phenoxy) is 2. The summed E-state index contributed by atoms with van der Waals surface area (Å²) in [6.07, 6.45) is 16.1. The topological polar surface area (TPSA) is 18.5 Å². The van der Waals surface area contributed by atoms with E-state index in [1.807, 2.05) is 6.92 Å². The summed E-state index contributed by atoms with van der Waals surface area (Å²) in [5.41, 5.74) is 0.